The van der Waals surface area contributed by atoms with Gasteiger partial charge in [-0.05, 0) is 44.5 Å². The minimum atomic E-state index is -0.604. The van der Waals surface area contributed by atoms with E-state index >= 15 is 0 Å². The Bertz CT molecular complexity index is 827. The number of rotatable bonds is 3. The lowest BCUT2D eigenvalue weighted by molar-refractivity contribution is -0.125. The molecule has 0 atom stereocenters. The van der Waals surface area contributed by atoms with Gasteiger partial charge in [0, 0.05) is 5.69 Å². The maximum Gasteiger partial charge on any atom is 0.233 e. The molecule has 1 aliphatic rings. The Morgan fingerprint density at radius 2 is 2.04 bits per heavy atom. The van der Waals surface area contributed by atoms with E-state index in [4.69, 9.17) is 4.74 Å². The molecular weight excluding hydrogens is 316 g/mol. The average molecular weight is 338 g/mol. The van der Waals surface area contributed by atoms with Gasteiger partial charge in [-0.15, -0.1) is 0 Å². The lowest BCUT2D eigenvalue weighted by Gasteiger charge is -2.18. The quantitative estimate of drug-likeness (QED) is 0.899. The number of fused-ring (bicyclic) bond motifs is 1. The van der Waals surface area contributed by atoms with Gasteiger partial charge in [0.1, 0.15) is 12.4 Å². The largest absolute Gasteiger partial charge is 0.490 e. The molecule has 0 saturated carbocycles. The molecule has 0 fully saturated rings. The van der Waals surface area contributed by atoms with Crippen LogP contribution in [0.4, 0.5) is 11.4 Å². The van der Waals surface area contributed by atoms with Crippen LogP contribution in [0, 0.1) is 12.3 Å². The van der Waals surface area contributed by atoms with Crippen LogP contribution in [0.15, 0.2) is 42.5 Å². The van der Waals surface area contributed by atoms with Crippen LogP contribution >= 0.6 is 0 Å². The summed E-state index contributed by atoms with van der Waals surface area (Å²) < 4.78 is 5.71. The molecule has 0 spiro atoms. The number of nitrogens with one attached hydrogen (secondary N) is 2. The number of aryl methyl sites for hydroxylation is 1. The van der Waals surface area contributed by atoms with Crippen molar-refractivity contribution >= 4 is 23.2 Å². The van der Waals surface area contributed by atoms with Crippen molar-refractivity contribution in [3.63, 3.8) is 0 Å². The van der Waals surface area contributed by atoms with Gasteiger partial charge < -0.3 is 15.4 Å². The van der Waals surface area contributed by atoms with Crippen LogP contribution < -0.4 is 15.4 Å². The molecule has 0 radical (unpaired) electrons. The van der Waals surface area contributed by atoms with Gasteiger partial charge in [-0.3, -0.25) is 9.59 Å². The highest BCUT2D eigenvalue weighted by molar-refractivity contribution is 5.98. The minimum Gasteiger partial charge on any atom is -0.490 e. The summed E-state index contributed by atoms with van der Waals surface area (Å²) in [6.45, 7) is 5.97. The lowest BCUT2D eigenvalue weighted by atomic mass is 9.94. The second kappa shape index (κ2) is 6.59. The highest BCUT2D eigenvalue weighted by Crippen LogP contribution is 2.34. The molecule has 0 aliphatic carbocycles. The Balaban J connectivity index is 1.72. The minimum absolute atomic E-state index is 0.102. The number of carbonyl (C=O) groups is 2. The fourth-order valence-corrected chi connectivity index (χ4v) is 2.66. The van der Waals surface area contributed by atoms with Crippen LogP contribution in [-0.2, 0) is 16.0 Å². The molecular formula is C20H22N2O3. The van der Waals surface area contributed by atoms with Crippen LogP contribution in [-0.4, -0.2) is 18.4 Å². The van der Waals surface area contributed by atoms with E-state index in [1.807, 2.05) is 45.0 Å². The van der Waals surface area contributed by atoms with Crippen molar-refractivity contribution in [1.29, 1.82) is 0 Å². The summed E-state index contributed by atoms with van der Waals surface area (Å²) in [4.78, 5) is 24.5. The molecule has 2 amide bonds. The van der Waals surface area contributed by atoms with E-state index in [9.17, 15) is 9.59 Å². The molecule has 0 unspecified atom stereocenters. The summed E-state index contributed by atoms with van der Waals surface area (Å²) in [6.07, 6.45) is 0.300. The SMILES string of the molecule is Cc1cccc(CC(=O)Nc2ccc3c(c2)NC(=O)C(C)(C)CO3)c1. The van der Waals surface area contributed by atoms with E-state index in [-0.39, 0.29) is 11.8 Å². The van der Waals surface area contributed by atoms with Gasteiger partial charge in [0.15, 0.2) is 0 Å². The maximum absolute atomic E-state index is 12.3. The predicted octanol–water partition coefficient (Wildman–Crippen LogP) is 3.53. The van der Waals surface area contributed by atoms with E-state index < -0.39 is 5.41 Å². The van der Waals surface area contributed by atoms with Gasteiger partial charge in [0.2, 0.25) is 11.8 Å². The summed E-state index contributed by atoms with van der Waals surface area (Å²) in [5.74, 6) is 0.400. The number of hydrogen-bond acceptors (Lipinski definition) is 3. The normalized spacial score (nSPS) is 15.4. The van der Waals surface area contributed by atoms with Gasteiger partial charge in [-0.25, -0.2) is 0 Å². The first-order chi connectivity index (χ1) is 11.8. The van der Waals surface area contributed by atoms with Crippen LogP contribution in [0.1, 0.15) is 25.0 Å². The van der Waals surface area contributed by atoms with E-state index in [0.717, 1.165) is 11.1 Å². The number of hydrogen-bond donors (Lipinski definition) is 2. The van der Waals surface area contributed by atoms with E-state index in [1.165, 1.54) is 0 Å². The number of amides is 2. The molecule has 130 valence electrons. The zero-order valence-electron chi connectivity index (χ0n) is 14.7. The van der Waals surface area contributed by atoms with E-state index in [2.05, 4.69) is 10.6 Å². The molecule has 1 heterocycles. The third-order valence-corrected chi connectivity index (χ3v) is 4.16. The Kier molecular flexibility index (Phi) is 4.49. The Morgan fingerprint density at radius 3 is 2.80 bits per heavy atom. The van der Waals surface area contributed by atoms with Crippen LogP contribution in [0.3, 0.4) is 0 Å². The Morgan fingerprint density at radius 1 is 1.24 bits per heavy atom. The summed E-state index contributed by atoms with van der Waals surface area (Å²) >= 11 is 0. The van der Waals surface area contributed by atoms with Gasteiger partial charge in [0.25, 0.3) is 0 Å². The van der Waals surface area contributed by atoms with Crippen LogP contribution in [0.2, 0.25) is 0 Å². The third kappa shape index (κ3) is 3.99. The van der Waals surface area contributed by atoms with Crippen molar-refractivity contribution in [1.82, 2.24) is 0 Å². The van der Waals surface area contributed by atoms with Crippen molar-refractivity contribution < 1.29 is 14.3 Å². The molecule has 2 aromatic carbocycles. The van der Waals surface area contributed by atoms with Crippen LogP contribution in [0.5, 0.6) is 5.75 Å². The van der Waals surface area contributed by atoms with Gasteiger partial charge in [-0.1, -0.05) is 29.8 Å². The number of anilines is 2. The first kappa shape index (κ1) is 17.0. The maximum atomic E-state index is 12.3. The monoisotopic (exact) mass is 338 g/mol. The second-order valence-electron chi connectivity index (χ2n) is 7.05. The van der Waals surface area contributed by atoms with Gasteiger partial charge in [0.05, 0.1) is 17.5 Å². The summed E-state index contributed by atoms with van der Waals surface area (Å²) in [5, 5.41) is 5.74. The number of carbonyl (C=O) groups excluding carboxylic acids is 2. The zero-order valence-corrected chi connectivity index (χ0v) is 14.7. The van der Waals surface area contributed by atoms with Crippen molar-refractivity contribution in [3.8, 4) is 5.75 Å². The first-order valence-electron chi connectivity index (χ1n) is 8.27. The van der Waals surface area contributed by atoms with Gasteiger partial charge >= 0.3 is 0 Å². The molecule has 2 aromatic rings. The predicted molar refractivity (Wildman–Crippen MR) is 97.9 cm³/mol. The van der Waals surface area contributed by atoms with E-state index in [1.54, 1.807) is 18.2 Å². The number of benzene rings is 2. The fourth-order valence-electron chi connectivity index (χ4n) is 2.66. The topological polar surface area (TPSA) is 67.4 Å². The summed E-state index contributed by atoms with van der Waals surface area (Å²) in [7, 11) is 0. The molecule has 0 aromatic heterocycles. The van der Waals surface area contributed by atoms with Crippen molar-refractivity contribution in [2.45, 2.75) is 27.2 Å². The highest BCUT2D eigenvalue weighted by atomic mass is 16.5. The number of ether oxygens (including phenoxy) is 1. The molecule has 2 N–H and O–H groups in total. The first-order valence-corrected chi connectivity index (χ1v) is 8.27. The van der Waals surface area contributed by atoms with Crippen molar-refractivity contribution in [2.75, 3.05) is 17.2 Å². The Hall–Kier alpha value is -2.82. The lowest BCUT2D eigenvalue weighted by Crippen LogP contribution is -2.33. The molecule has 1 aliphatic heterocycles. The molecule has 0 saturated heterocycles. The zero-order chi connectivity index (χ0) is 18.0. The summed E-state index contributed by atoms with van der Waals surface area (Å²) in [5.41, 5.74) is 2.68. The smallest absolute Gasteiger partial charge is 0.233 e. The third-order valence-electron chi connectivity index (χ3n) is 4.16. The van der Waals surface area contributed by atoms with Crippen molar-refractivity contribution in [2.24, 2.45) is 5.41 Å². The van der Waals surface area contributed by atoms with Crippen LogP contribution in [0.25, 0.3) is 0 Å². The fraction of sp³-hybridized carbons (Fsp3) is 0.300. The highest BCUT2D eigenvalue weighted by Gasteiger charge is 2.32. The van der Waals surface area contributed by atoms with E-state index in [0.29, 0.717) is 30.2 Å². The Labute approximate surface area is 147 Å². The van der Waals surface area contributed by atoms with Gasteiger partial charge in [-0.2, -0.15) is 0 Å². The average Bonchev–Trinajstić information content (AvgIpc) is 2.64. The molecule has 25 heavy (non-hydrogen) atoms. The van der Waals surface area contributed by atoms with Crippen molar-refractivity contribution in [3.05, 3.63) is 53.6 Å². The standard InChI is InChI=1S/C20H22N2O3/c1-13-5-4-6-14(9-13)10-18(23)21-15-7-8-17-16(11-15)22-19(24)20(2,3)12-25-17/h4-9,11H,10,12H2,1-3H3,(H,21,23)(H,22,24). The molecule has 5 nitrogen and oxygen atoms in total. The molecule has 3 rings (SSSR count). The molecule has 0 bridgehead atoms. The second-order valence-corrected chi connectivity index (χ2v) is 7.05. The summed E-state index contributed by atoms with van der Waals surface area (Å²) in [6, 6.07) is 13.1. The molecule has 5 heteroatoms.